The zero-order valence-corrected chi connectivity index (χ0v) is 6.88. The van der Waals surface area contributed by atoms with Gasteiger partial charge in [0.1, 0.15) is 11.8 Å². The molecule has 0 radical (unpaired) electrons. The lowest BCUT2D eigenvalue weighted by Crippen LogP contribution is -2.22. The van der Waals surface area contributed by atoms with Gasteiger partial charge in [0.05, 0.1) is 0 Å². The Morgan fingerprint density at radius 2 is 2.08 bits per heavy atom. The molecule has 2 N–H and O–H groups in total. The van der Waals surface area contributed by atoms with Gasteiger partial charge in [-0.15, -0.1) is 0 Å². The molecular formula is C9H9N3O. The van der Waals surface area contributed by atoms with Crippen molar-refractivity contribution in [1.29, 1.82) is 0 Å². The first-order valence-corrected chi connectivity index (χ1v) is 3.96. The highest BCUT2D eigenvalue weighted by Gasteiger charge is 2.17. The van der Waals surface area contributed by atoms with E-state index < -0.39 is 0 Å². The van der Waals surface area contributed by atoms with Gasteiger partial charge < -0.3 is 10.4 Å². The van der Waals surface area contributed by atoms with Crippen molar-refractivity contribution in [2.24, 2.45) is 0 Å². The standard InChI is InChI=1S/C9H9N3O/c13-7-3-1-4-10-8(7)9-11-5-2-6-12-9/h1-6,8,10,13H. The highest BCUT2D eigenvalue weighted by Crippen LogP contribution is 2.17. The van der Waals surface area contributed by atoms with Crippen LogP contribution in [0.25, 0.3) is 0 Å². The maximum absolute atomic E-state index is 9.49. The predicted octanol–water partition coefficient (Wildman–Crippen LogP) is 1.08. The van der Waals surface area contributed by atoms with Crippen molar-refractivity contribution in [2.75, 3.05) is 0 Å². The van der Waals surface area contributed by atoms with Crippen LogP contribution in [-0.4, -0.2) is 15.1 Å². The highest BCUT2D eigenvalue weighted by atomic mass is 16.3. The maximum Gasteiger partial charge on any atom is 0.158 e. The number of aliphatic hydroxyl groups is 1. The average Bonchev–Trinajstić information content (AvgIpc) is 2.20. The van der Waals surface area contributed by atoms with E-state index in [4.69, 9.17) is 0 Å². The second kappa shape index (κ2) is 3.26. The van der Waals surface area contributed by atoms with E-state index in [-0.39, 0.29) is 11.8 Å². The molecule has 2 heterocycles. The molecule has 13 heavy (non-hydrogen) atoms. The van der Waals surface area contributed by atoms with Crippen molar-refractivity contribution >= 4 is 0 Å². The van der Waals surface area contributed by atoms with Crippen LogP contribution in [0.15, 0.2) is 42.6 Å². The fourth-order valence-corrected chi connectivity index (χ4v) is 1.15. The lowest BCUT2D eigenvalue weighted by atomic mass is 10.2. The van der Waals surface area contributed by atoms with Crippen LogP contribution in [0.1, 0.15) is 11.9 Å². The van der Waals surface area contributed by atoms with E-state index in [1.165, 1.54) is 0 Å². The molecule has 0 amide bonds. The molecule has 66 valence electrons. The van der Waals surface area contributed by atoms with Crippen LogP contribution < -0.4 is 5.32 Å². The summed E-state index contributed by atoms with van der Waals surface area (Å²) in [6.07, 6.45) is 8.40. The molecule has 4 nitrogen and oxygen atoms in total. The normalized spacial score (nSPS) is 20.6. The minimum Gasteiger partial charge on any atom is -0.510 e. The number of hydrogen-bond donors (Lipinski definition) is 2. The Balaban J connectivity index is 2.28. The van der Waals surface area contributed by atoms with Crippen molar-refractivity contribution in [3.8, 4) is 0 Å². The molecule has 1 aliphatic rings. The van der Waals surface area contributed by atoms with Gasteiger partial charge in [-0.05, 0) is 24.4 Å². The van der Waals surface area contributed by atoms with Gasteiger partial charge in [0.2, 0.25) is 0 Å². The predicted molar refractivity (Wildman–Crippen MR) is 47.8 cm³/mol. The fraction of sp³-hybridized carbons (Fsp3) is 0.111. The van der Waals surface area contributed by atoms with Crippen LogP contribution >= 0.6 is 0 Å². The molecule has 0 fully saturated rings. The van der Waals surface area contributed by atoms with Gasteiger partial charge >= 0.3 is 0 Å². The summed E-state index contributed by atoms with van der Waals surface area (Å²) in [6.45, 7) is 0. The summed E-state index contributed by atoms with van der Waals surface area (Å²) in [7, 11) is 0. The summed E-state index contributed by atoms with van der Waals surface area (Å²) >= 11 is 0. The van der Waals surface area contributed by atoms with Gasteiger partial charge in [-0.1, -0.05) is 0 Å². The van der Waals surface area contributed by atoms with Crippen LogP contribution in [-0.2, 0) is 0 Å². The van der Waals surface area contributed by atoms with Crippen molar-refractivity contribution in [3.05, 3.63) is 48.4 Å². The number of dihydropyridines is 1. The van der Waals surface area contributed by atoms with E-state index >= 15 is 0 Å². The number of hydrogen-bond acceptors (Lipinski definition) is 4. The van der Waals surface area contributed by atoms with Crippen LogP contribution in [0, 0.1) is 0 Å². The van der Waals surface area contributed by atoms with Crippen molar-refractivity contribution in [2.45, 2.75) is 6.04 Å². The molecule has 0 saturated carbocycles. The summed E-state index contributed by atoms with van der Waals surface area (Å²) in [5.41, 5.74) is 0. The highest BCUT2D eigenvalue weighted by molar-refractivity contribution is 5.21. The molecule has 1 aromatic heterocycles. The van der Waals surface area contributed by atoms with Crippen molar-refractivity contribution in [3.63, 3.8) is 0 Å². The Bertz CT molecular complexity index is 345. The van der Waals surface area contributed by atoms with Gasteiger partial charge in [0, 0.05) is 12.4 Å². The Kier molecular flexibility index (Phi) is 1.96. The van der Waals surface area contributed by atoms with E-state index in [2.05, 4.69) is 15.3 Å². The Hall–Kier alpha value is -1.84. The molecule has 1 aliphatic heterocycles. The van der Waals surface area contributed by atoms with Gasteiger partial charge in [0.25, 0.3) is 0 Å². The molecule has 0 bridgehead atoms. The first-order valence-electron chi connectivity index (χ1n) is 3.96. The maximum atomic E-state index is 9.49. The average molecular weight is 175 g/mol. The van der Waals surface area contributed by atoms with Crippen molar-refractivity contribution < 1.29 is 5.11 Å². The van der Waals surface area contributed by atoms with Crippen LogP contribution in [0.5, 0.6) is 0 Å². The van der Waals surface area contributed by atoms with Crippen LogP contribution in [0.3, 0.4) is 0 Å². The SMILES string of the molecule is OC1=CC=CNC1c1ncccn1. The lowest BCUT2D eigenvalue weighted by Gasteiger charge is -2.17. The zero-order valence-electron chi connectivity index (χ0n) is 6.88. The number of aliphatic hydroxyl groups excluding tert-OH is 1. The first-order chi connectivity index (χ1) is 6.38. The summed E-state index contributed by atoms with van der Waals surface area (Å²) in [5.74, 6) is 0.800. The largest absolute Gasteiger partial charge is 0.510 e. The molecule has 0 saturated heterocycles. The third kappa shape index (κ3) is 1.51. The van der Waals surface area contributed by atoms with Crippen molar-refractivity contribution in [1.82, 2.24) is 15.3 Å². The smallest absolute Gasteiger partial charge is 0.158 e. The topological polar surface area (TPSA) is 58.0 Å². The van der Waals surface area contributed by atoms with E-state index in [1.807, 2.05) is 0 Å². The first kappa shape index (κ1) is 7.79. The van der Waals surface area contributed by atoms with Gasteiger partial charge in [-0.3, -0.25) is 0 Å². The molecule has 1 atom stereocenters. The van der Waals surface area contributed by atoms with E-state index in [0.29, 0.717) is 5.82 Å². The fourth-order valence-electron chi connectivity index (χ4n) is 1.15. The van der Waals surface area contributed by atoms with Crippen LogP contribution in [0.2, 0.25) is 0 Å². The van der Waals surface area contributed by atoms with Gasteiger partial charge in [0.15, 0.2) is 5.82 Å². The molecular weight excluding hydrogens is 166 g/mol. The number of nitrogens with one attached hydrogen (secondary N) is 1. The van der Waals surface area contributed by atoms with Gasteiger partial charge in [-0.25, -0.2) is 9.97 Å². The minimum atomic E-state index is -0.314. The molecule has 0 spiro atoms. The lowest BCUT2D eigenvalue weighted by molar-refractivity contribution is 0.346. The third-order valence-electron chi connectivity index (χ3n) is 1.77. The van der Waals surface area contributed by atoms with Crippen LogP contribution in [0.4, 0.5) is 0 Å². The van der Waals surface area contributed by atoms with E-state index in [1.54, 1.807) is 36.8 Å². The number of aromatic nitrogens is 2. The van der Waals surface area contributed by atoms with E-state index in [0.717, 1.165) is 0 Å². The zero-order chi connectivity index (χ0) is 9.10. The number of rotatable bonds is 1. The second-order valence-corrected chi connectivity index (χ2v) is 2.66. The molecule has 4 heteroatoms. The summed E-state index contributed by atoms with van der Waals surface area (Å²) in [5, 5.41) is 12.5. The second-order valence-electron chi connectivity index (χ2n) is 2.66. The molecule has 2 rings (SSSR count). The Labute approximate surface area is 75.7 Å². The third-order valence-corrected chi connectivity index (χ3v) is 1.77. The summed E-state index contributed by atoms with van der Waals surface area (Å²) < 4.78 is 0. The Morgan fingerprint density at radius 3 is 2.77 bits per heavy atom. The molecule has 1 unspecified atom stereocenters. The molecule has 1 aromatic rings. The Morgan fingerprint density at radius 1 is 1.31 bits per heavy atom. The minimum absolute atomic E-state index is 0.230. The monoisotopic (exact) mass is 175 g/mol. The number of nitrogens with zero attached hydrogens (tertiary/aromatic N) is 2. The molecule has 0 aliphatic carbocycles. The number of allylic oxidation sites excluding steroid dienone is 2. The van der Waals surface area contributed by atoms with Gasteiger partial charge in [-0.2, -0.15) is 0 Å². The summed E-state index contributed by atoms with van der Waals surface area (Å²) in [4.78, 5) is 8.09. The summed E-state index contributed by atoms with van der Waals surface area (Å²) in [6, 6.07) is 1.43. The van der Waals surface area contributed by atoms with E-state index in [9.17, 15) is 5.11 Å². The molecule has 0 aromatic carbocycles. The quantitative estimate of drug-likeness (QED) is 0.670.